The van der Waals surface area contributed by atoms with Crippen LogP contribution < -0.4 is 5.32 Å². The molecule has 1 rings (SSSR count). The van der Waals surface area contributed by atoms with Gasteiger partial charge in [-0.2, -0.15) is 8.42 Å². The summed E-state index contributed by atoms with van der Waals surface area (Å²) in [4.78, 5) is 27.2. The predicted molar refractivity (Wildman–Crippen MR) is 76.0 cm³/mol. The van der Waals surface area contributed by atoms with Gasteiger partial charge < -0.3 is 9.50 Å². The molecule has 0 saturated heterocycles. The lowest BCUT2D eigenvalue weighted by Gasteiger charge is -2.13. The first-order valence-corrected chi connectivity index (χ1v) is 8.10. The molecular formula is C13H18N2O5S. The first kappa shape index (κ1) is 17.1. The van der Waals surface area contributed by atoms with Gasteiger partial charge in [-0.05, 0) is 25.5 Å². The van der Waals surface area contributed by atoms with Gasteiger partial charge in [0, 0.05) is 12.4 Å². The van der Waals surface area contributed by atoms with Crippen molar-refractivity contribution in [3.8, 4) is 0 Å². The largest absolute Gasteiger partial charge is 0.344 e. The molecular weight excluding hydrogens is 296 g/mol. The van der Waals surface area contributed by atoms with Crippen LogP contribution in [-0.4, -0.2) is 37.1 Å². The lowest BCUT2D eigenvalue weighted by Crippen LogP contribution is -2.40. The molecule has 1 aromatic rings. The molecule has 8 heteroatoms. The Morgan fingerprint density at radius 3 is 2.71 bits per heavy atom. The molecule has 0 aliphatic rings. The lowest BCUT2D eigenvalue weighted by atomic mass is 10.2. The van der Waals surface area contributed by atoms with E-state index in [1.165, 1.54) is 25.4 Å². The Balaban J connectivity index is 2.57. The van der Waals surface area contributed by atoms with E-state index in [9.17, 15) is 18.0 Å². The number of unbranched alkanes of at least 4 members (excludes halogenated alkanes) is 1. The fourth-order valence-corrected chi connectivity index (χ4v) is 2.52. The van der Waals surface area contributed by atoms with Gasteiger partial charge in [-0.25, -0.2) is 4.79 Å². The summed E-state index contributed by atoms with van der Waals surface area (Å²) in [5, 5.41) is 2.36. The van der Waals surface area contributed by atoms with Gasteiger partial charge in [-0.3, -0.25) is 9.78 Å². The maximum atomic E-state index is 11.8. The van der Waals surface area contributed by atoms with Gasteiger partial charge in [0.25, 0.3) is 5.91 Å². The summed E-state index contributed by atoms with van der Waals surface area (Å²) in [6, 6.07) is 2.03. The molecule has 0 aliphatic heterocycles. The fourth-order valence-electron chi connectivity index (χ4n) is 1.40. The Hall–Kier alpha value is -1.96. The quantitative estimate of drug-likeness (QED) is 0.749. The van der Waals surface area contributed by atoms with E-state index in [1.54, 1.807) is 6.07 Å². The number of carbonyl (C=O) groups excluding carboxylic acids is 2. The van der Waals surface area contributed by atoms with Crippen molar-refractivity contribution >= 4 is 22.0 Å². The van der Waals surface area contributed by atoms with E-state index in [0.717, 1.165) is 0 Å². The molecule has 1 amide bonds. The van der Waals surface area contributed by atoms with Gasteiger partial charge in [0.1, 0.15) is 6.04 Å². The maximum absolute atomic E-state index is 11.8. The van der Waals surface area contributed by atoms with Gasteiger partial charge in [-0.15, -0.1) is 0 Å². The molecule has 0 fully saturated rings. The molecule has 7 nitrogen and oxygen atoms in total. The molecule has 0 unspecified atom stereocenters. The van der Waals surface area contributed by atoms with Crippen molar-refractivity contribution in [1.29, 1.82) is 0 Å². The zero-order valence-electron chi connectivity index (χ0n) is 11.9. The van der Waals surface area contributed by atoms with Crippen LogP contribution in [0.2, 0.25) is 0 Å². The van der Waals surface area contributed by atoms with Crippen LogP contribution in [0.3, 0.4) is 0 Å². The highest BCUT2D eigenvalue weighted by atomic mass is 32.2. The molecule has 0 radical (unpaired) electrons. The summed E-state index contributed by atoms with van der Waals surface area (Å²) >= 11 is 0. The third-order valence-corrected chi connectivity index (χ3v) is 3.79. The molecule has 1 atom stereocenters. The number of hydrogen-bond donors (Lipinski definition) is 1. The molecule has 0 bridgehead atoms. The summed E-state index contributed by atoms with van der Waals surface area (Å²) in [5.41, 5.74) is 0.269. The number of hydrogen-bond acceptors (Lipinski definition) is 6. The Kier molecular flexibility index (Phi) is 6.29. The number of nitrogens with zero attached hydrogens (tertiary/aromatic N) is 1. The van der Waals surface area contributed by atoms with Crippen molar-refractivity contribution in [2.75, 3.05) is 5.75 Å². The Bertz CT molecular complexity index is 586. The van der Waals surface area contributed by atoms with E-state index in [-0.39, 0.29) is 11.3 Å². The zero-order chi connectivity index (χ0) is 15.9. The van der Waals surface area contributed by atoms with Crippen LogP contribution in [0.5, 0.6) is 0 Å². The van der Waals surface area contributed by atoms with Crippen LogP contribution in [-0.2, 0) is 19.1 Å². The second-order valence-corrected chi connectivity index (χ2v) is 6.14. The van der Waals surface area contributed by atoms with Crippen LogP contribution in [0.1, 0.15) is 37.0 Å². The van der Waals surface area contributed by atoms with Crippen LogP contribution in [0.25, 0.3) is 0 Å². The first-order chi connectivity index (χ1) is 9.85. The Morgan fingerprint density at radius 2 is 2.14 bits per heavy atom. The number of nitrogens with one attached hydrogen (secondary N) is 1. The van der Waals surface area contributed by atoms with E-state index in [4.69, 9.17) is 0 Å². The summed E-state index contributed by atoms with van der Waals surface area (Å²) in [6.07, 6.45) is 3.93. The number of amides is 1. The summed E-state index contributed by atoms with van der Waals surface area (Å²) in [6.45, 7) is 3.18. The van der Waals surface area contributed by atoms with E-state index < -0.39 is 28.0 Å². The second-order valence-electron chi connectivity index (χ2n) is 4.45. The summed E-state index contributed by atoms with van der Waals surface area (Å²) in [7, 11) is -3.90. The van der Waals surface area contributed by atoms with Crippen molar-refractivity contribution in [3.05, 3.63) is 30.1 Å². The first-order valence-electron chi connectivity index (χ1n) is 6.52. The standard InChI is InChI=1S/C13H18N2O5S/c1-3-4-8-21(18,19)20-13(17)10(2)15-12(16)11-6-5-7-14-9-11/h5-7,9-10H,3-4,8H2,1-2H3,(H,15,16)/t10-/m1/s1. The number of rotatable bonds is 7. The van der Waals surface area contributed by atoms with E-state index in [2.05, 4.69) is 14.5 Å². The number of carbonyl (C=O) groups is 2. The molecule has 1 N–H and O–H groups in total. The summed E-state index contributed by atoms with van der Waals surface area (Å²) < 4.78 is 27.4. The molecule has 0 aliphatic carbocycles. The highest BCUT2D eigenvalue weighted by Gasteiger charge is 2.23. The topological polar surface area (TPSA) is 102 Å². The van der Waals surface area contributed by atoms with Crippen molar-refractivity contribution in [1.82, 2.24) is 10.3 Å². The predicted octanol–water partition coefficient (Wildman–Crippen LogP) is 0.873. The minimum atomic E-state index is -3.90. The Labute approximate surface area is 123 Å². The minimum Gasteiger partial charge on any atom is -0.344 e. The normalized spacial score (nSPS) is 12.5. The number of pyridine rings is 1. The highest BCUT2D eigenvalue weighted by molar-refractivity contribution is 7.87. The van der Waals surface area contributed by atoms with Crippen LogP contribution in [0.15, 0.2) is 24.5 Å². The molecule has 1 heterocycles. The van der Waals surface area contributed by atoms with Crippen molar-refractivity contribution in [2.24, 2.45) is 0 Å². The molecule has 21 heavy (non-hydrogen) atoms. The van der Waals surface area contributed by atoms with Gasteiger partial charge in [0.15, 0.2) is 0 Å². The average Bonchev–Trinajstić information content (AvgIpc) is 2.45. The monoisotopic (exact) mass is 314 g/mol. The number of aromatic nitrogens is 1. The smallest absolute Gasteiger partial charge is 0.344 e. The minimum absolute atomic E-state index is 0.224. The molecule has 0 aromatic carbocycles. The van der Waals surface area contributed by atoms with E-state index in [0.29, 0.717) is 12.8 Å². The molecule has 1 aromatic heterocycles. The second kappa shape index (κ2) is 7.72. The molecule has 0 spiro atoms. The fraction of sp³-hybridized carbons (Fsp3) is 0.462. The van der Waals surface area contributed by atoms with Gasteiger partial charge in [-0.1, -0.05) is 13.3 Å². The molecule has 116 valence electrons. The summed E-state index contributed by atoms with van der Waals surface area (Å²) in [5.74, 6) is -1.76. The molecule has 0 saturated carbocycles. The third-order valence-electron chi connectivity index (χ3n) is 2.58. The SMILES string of the molecule is CCCCS(=O)(=O)OC(=O)[C@@H](C)NC(=O)c1cccnc1. The van der Waals surface area contributed by atoms with E-state index in [1.807, 2.05) is 6.92 Å². The Morgan fingerprint density at radius 1 is 1.43 bits per heavy atom. The maximum Gasteiger partial charge on any atom is 0.344 e. The third kappa shape index (κ3) is 5.90. The lowest BCUT2D eigenvalue weighted by molar-refractivity contribution is -0.135. The zero-order valence-corrected chi connectivity index (χ0v) is 12.7. The van der Waals surface area contributed by atoms with E-state index >= 15 is 0 Å². The van der Waals surface area contributed by atoms with Gasteiger partial charge in [0.05, 0.1) is 11.3 Å². The van der Waals surface area contributed by atoms with Crippen molar-refractivity contribution < 1.29 is 22.2 Å². The highest BCUT2D eigenvalue weighted by Crippen LogP contribution is 2.03. The average molecular weight is 314 g/mol. The van der Waals surface area contributed by atoms with Gasteiger partial charge >= 0.3 is 16.1 Å². The van der Waals surface area contributed by atoms with Crippen molar-refractivity contribution in [3.63, 3.8) is 0 Å². The van der Waals surface area contributed by atoms with Crippen LogP contribution in [0.4, 0.5) is 0 Å². The van der Waals surface area contributed by atoms with Crippen LogP contribution in [0, 0.1) is 0 Å². The van der Waals surface area contributed by atoms with Crippen LogP contribution >= 0.6 is 0 Å². The van der Waals surface area contributed by atoms with Crippen molar-refractivity contribution in [2.45, 2.75) is 32.7 Å². The van der Waals surface area contributed by atoms with Gasteiger partial charge in [0.2, 0.25) is 0 Å².